The lowest BCUT2D eigenvalue weighted by Crippen LogP contribution is -2.48. The summed E-state index contributed by atoms with van der Waals surface area (Å²) in [5, 5.41) is 2.84. The zero-order chi connectivity index (χ0) is 11.6. The molecule has 3 nitrogen and oxygen atoms in total. The Bertz CT molecular complexity index is 230. The van der Waals surface area contributed by atoms with Crippen LogP contribution in [0.1, 0.15) is 34.6 Å². The minimum Gasteiger partial charge on any atom is -0.373 e. The largest absolute Gasteiger partial charge is 0.373 e. The predicted molar refractivity (Wildman–Crippen MR) is 60.5 cm³/mol. The molecule has 0 aromatic carbocycles. The highest BCUT2D eigenvalue weighted by molar-refractivity contribution is 5.72. The van der Waals surface area contributed by atoms with Crippen LogP contribution in [0.15, 0.2) is 0 Å². The van der Waals surface area contributed by atoms with Crippen molar-refractivity contribution < 1.29 is 9.53 Å². The van der Waals surface area contributed by atoms with Crippen molar-refractivity contribution >= 4 is 5.91 Å². The van der Waals surface area contributed by atoms with E-state index >= 15 is 0 Å². The molecule has 1 aliphatic heterocycles. The molecule has 0 aromatic heterocycles. The Balaban J connectivity index is 2.54. The van der Waals surface area contributed by atoms with E-state index in [0.29, 0.717) is 24.3 Å². The third-order valence-electron chi connectivity index (χ3n) is 3.93. The number of nitrogens with one attached hydrogen (secondary N) is 1. The molecule has 0 aromatic rings. The second-order valence-corrected chi connectivity index (χ2v) is 4.89. The number of carbonyl (C=O) groups is 1. The Hall–Kier alpha value is -0.570. The predicted octanol–water partition coefficient (Wildman–Crippen LogP) is 1.82. The molecule has 1 heterocycles. The van der Waals surface area contributed by atoms with Crippen molar-refractivity contribution in [3.63, 3.8) is 0 Å². The van der Waals surface area contributed by atoms with E-state index in [1.807, 2.05) is 0 Å². The molecule has 1 fully saturated rings. The minimum atomic E-state index is 0.0183. The molecule has 3 heteroatoms. The van der Waals surface area contributed by atoms with Gasteiger partial charge in [-0.1, -0.05) is 20.8 Å². The third-order valence-corrected chi connectivity index (χ3v) is 3.93. The number of amides is 1. The lowest BCUT2D eigenvalue weighted by molar-refractivity contribution is -0.131. The van der Waals surface area contributed by atoms with Gasteiger partial charge in [0.2, 0.25) is 5.91 Å². The molecular formula is C12H23NO2. The summed E-state index contributed by atoms with van der Waals surface area (Å²) in [6, 6.07) is 0. The number of hydrogen-bond donors (Lipinski definition) is 1. The van der Waals surface area contributed by atoms with E-state index in [2.05, 4.69) is 33.0 Å². The molecule has 0 radical (unpaired) electrons. The highest BCUT2D eigenvalue weighted by Crippen LogP contribution is 2.34. The first-order valence-electron chi connectivity index (χ1n) is 5.83. The summed E-state index contributed by atoms with van der Waals surface area (Å²) in [5.41, 5.74) is 0. The van der Waals surface area contributed by atoms with Gasteiger partial charge in [-0.15, -0.1) is 0 Å². The van der Waals surface area contributed by atoms with Crippen LogP contribution in [0.2, 0.25) is 0 Å². The molecule has 88 valence electrons. The summed E-state index contributed by atoms with van der Waals surface area (Å²) in [6.07, 6.45) is 0.449. The van der Waals surface area contributed by atoms with Gasteiger partial charge in [-0.05, 0) is 24.7 Å². The van der Waals surface area contributed by atoms with Crippen molar-refractivity contribution in [2.45, 2.75) is 46.8 Å². The van der Waals surface area contributed by atoms with Crippen molar-refractivity contribution in [1.29, 1.82) is 0 Å². The van der Waals surface area contributed by atoms with Crippen molar-refractivity contribution in [3.8, 4) is 0 Å². The smallest absolute Gasteiger partial charge is 0.216 e. The highest BCUT2D eigenvalue weighted by Gasteiger charge is 2.36. The molecular weight excluding hydrogens is 190 g/mol. The van der Waals surface area contributed by atoms with E-state index in [9.17, 15) is 4.79 Å². The minimum absolute atomic E-state index is 0.0183. The first-order chi connectivity index (χ1) is 6.93. The fourth-order valence-electron chi connectivity index (χ4n) is 2.25. The summed E-state index contributed by atoms with van der Waals surface area (Å²) in [4.78, 5) is 10.9. The van der Waals surface area contributed by atoms with Crippen LogP contribution >= 0.6 is 0 Å². The quantitative estimate of drug-likeness (QED) is 0.760. The van der Waals surface area contributed by atoms with E-state index in [-0.39, 0.29) is 18.1 Å². The van der Waals surface area contributed by atoms with Gasteiger partial charge < -0.3 is 10.1 Å². The number of rotatable bonds is 2. The third kappa shape index (κ3) is 2.94. The maximum Gasteiger partial charge on any atom is 0.216 e. The molecule has 5 atom stereocenters. The van der Waals surface area contributed by atoms with E-state index in [1.165, 1.54) is 0 Å². The Labute approximate surface area is 92.6 Å². The van der Waals surface area contributed by atoms with E-state index in [4.69, 9.17) is 4.74 Å². The molecule has 1 saturated heterocycles. The monoisotopic (exact) mass is 213 g/mol. The molecule has 5 unspecified atom stereocenters. The number of carbonyl (C=O) groups excluding carboxylic acids is 1. The molecule has 1 aliphatic rings. The first kappa shape index (κ1) is 12.5. The molecule has 0 saturated carbocycles. The van der Waals surface area contributed by atoms with Gasteiger partial charge in [0.05, 0.1) is 12.2 Å². The second kappa shape index (κ2) is 4.97. The van der Waals surface area contributed by atoms with Gasteiger partial charge in [0.15, 0.2) is 0 Å². The summed E-state index contributed by atoms with van der Waals surface area (Å²) >= 11 is 0. The Morgan fingerprint density at radius 2 is 1.73 bits per heavy atom. The molecule has 1 rings (SSSR count). The van der Waals surface area contributed by atoms with Gasteiger partial charge >= 0.3 is 0 Å². The summed E-state index contributed by atoms with van der Waals surface area (Å²) in [6.45, 7) is 11.0. The Morgan fingerprint density at radius 3 is 2.27 bits per heavy atom. The second-order valence-electron chi connectivity index (χ2n) is 4.89. The van der Waals surface area contributed by atoms with Crippen molar-refractivity contribution in [3.05, 3.63) is 0 Å². The molecule has 15 heavy (non-hydrogen) atoms. The Morgan fingerprint density at radius 1 is 1.13 bits per heavy atom. The van der Waals surface area contributed by atoms with E-state index in [0.717, 1.165) is 0 Å². The zero-order valence-electron chi connectivity index (χ0n) is 10.4. The van der Waals surface area contributed by atoms with Crippen LogP contribution in [0.3, 0.4) is 0 Å². The van der Waals surface area contributed by atoms with Crippen molar-refractivity contribution in [2.75, 3.05) is 6.54 Å². The average molecular weight is 213 g/mol. The standard InChI is InChI=1S/C12H23NO2/c1-7-8(2)10(4)15-12(9(7)3)6-13-11(5)14/h7-10,12H,6H2,1-5H3,(H,13,14). The molecule has 1 N–H and O–H groups in total. The van der Waals surface area contributed by atoms with Crippen LogP contribution in [-0.2, 0) is 9.53 Å². The maximum absolute atomic E-state index is 10.9. The van der Waals surface area contributed by atoms with Crippen LogP contribution < -0.4 is 5.32 Å². The van der Waals surface area contributed by atoms with Crippen LogP contribution in [0.5, 0.6) is 0 Å². The molecule has 0 spiro atoms. The first-order valence-corrected chi connectivity index (χ1v) is 5.83. The highest BCUT2D eigenvalue weighted by atomic mass is 16.5. The van der Waals surface area contributed by atoms with Crippen LogP contribution in [0, 0.1) is 17.8 Å². The molecule has 0 aliphatic carbocycles. The van der Waals surface area contributed by atoms with Gasteiger partial charge in [-0.3, -0.25) is 4.79 Å². The lowest BCUT2D eigenvalue weighted by Gasteiger charge is -2.42. The number of ether oxygens (including phenoxy) is 1. The van der Waals surface area contributed by atoms with Gasteiger partial charge in [0, 0.05) is 13.5 Å². The van der Waals surface area contributed by atoms with Crippen molar-refractivity contribution in [2.24, 2.45) is 17.8 Å². The van der Waals surface area contributed by atoms with Gasteiger partial charge in [0.1, 0.15) is 0 Å². The Kier molecular flexibility index (Phi) is 4.14. The van der Waals surface area contributed by atoms with Crippen LogP contribution in [0.4, 0.5) is 0 Å². The van der Waals surface area contributed by atoms with Gasteiger partial charge in [-0.2, -0.15) is 0 Å². The fourth-order valence-corrected chi connectivity index (χ4v) is 2.25. The van der Waals surface area contributed by atoms with E-state index in [1.54, 1.807) is 6.92 Å². The summed E-state index contributed by atoms with van der Waals surface area (Å²) in [5.74, 6) is 1.76. The topological polar surface area (TPSA) is 38.3 Å². The van der Waals surface area contributed by atoms with E-state index < -0.39 is 0 Å². The zero-order valence-corrected chi connectivity index (χ0v) is 10.4. The lowest BCUT2D eigenvalue weighted by atomic mass is 9.77. The maximum atomic E-state index is 10.9. The number of hydrogen-bond acceptors (Lipinski definition) is 2. The van der Waals surface area contributed by atoms with Crippen LogP contribution in [0.25, 0.3) is 0 Å². The summed E-state index contributed by atoms with van der Waals surface area (Å²) in [7, 11) is 0. The molecule has 0 bridgehead atoms. The molecule has 1 amide bonds. The fraction of sp³-hybridized carbons (Fsp3) is 0.917. The van der Waals surface area contributed by atoms with Gasteiger partial charge in [0.25, 0.3) is 0 Å². The van der Waals surface area contributed by atoms with Crippen LogP contribution in [-0.4, -0.2) is 24.7 Å². The van der Waals surface area contributed by atoms with Crippen molar-refractivity contribution in [1.82, 2.24) is 5.32 Å². The SMILES string of the molecule is CC(=O)NCC1OC(C)C(C)C(C)C1C. The average Bonchev–Trinajstić information content (AvgIpc) is 2.18. The van der Waals surface area contributed by atoms with Gasteiger partial charge in [-0.25, -0.2) is 0 Å². The normalized spacial score (nSPS) is 41.3. The summed E-state index contributed by atoms with van der Waals surface area (Å²) < 4.78 is 5.92.